The number of nitrogens with zero attached hydrogens (tertiary/aromatic N) is 2. The first-order valence-corrected chi connectivity index (χ1v) is 8.09. The van der Waals surface area contributed by atoms with Crippen molar-refractivity contribution in [2.75, 3.05) is 0 Å². The lowest BCUT2D eigenvalue weighted by Gasteiger charge is -2.13. The van der Waals surface area contributed by atoms with Crippen LogP contribution in [0, 0.1) is 6.92 Å². The van der Waals surface area contributed by atoms with E-state index in [9.17, 15) is 4.79 Å². The molecular formula is C19H18ClN3O. The van der Waals surface area contributed by atoms with Crippen LogP contribution < -0.4 is 5.32 Å². The van der Waals surface area contributed by atoms with Crippen LogP contribution in [-0.2, 0) is 0 Å². The Hall–Kier alpha value is -2.59. The van der Waals surface area contributed by atoms with Crippen LogP contribution in [0.4, 0.5) is 0 Å². The molecule has 1 aromatic heterocycles. The lowest BCUT2D eigenvalue weighted by molar-refractivity contribution is 0.0940. The standard InChI is InChI=1S/C19H18ClN3O/c1-13-7-9-15(10-8-13)14(2)22-19(24)16-11-21-23(12-16)18-6-4-3-5-17(18)20/h3-12,14H,1-2H3,(H,22,24). The molecule has 1 heterocycles. The van der Waals surface area contributed by atoms with Crippen molar-refractivity contribution in [2.45, 2.75) is 19.9 Å². The molecule has 0 radical (unpaired) electrons. The van der Waals surface area contributed by atoms with Gasteiger partial charge in [0.05, 0.1) is 28.5 Å². The Kier molecular flexibility index (Phi) is 4.67. The van der Waals surface area contributed by atoms with Gasteiger partial charge in [-0.15, -0.1) is 0 Å². The zero-order chi connectivity index (χ0) is 17.1. The molecule has 24 heavy (non-hydrogen) atoms. The second-order valence-corrected chi connectivity index (χ2v) is 6.14. The molecule has 1 N–H and O–H groups in total. The highest BCUT2D eigenvalue weighted by Gasteiger charge is 2.14. The predicted molar refractivity (Wildman–Crippen MR) is 95.6 cm³/mol. The van der Waals surface area contributed by atoms with Gasteiger partial charge in [-0.25, -0.2) is 4.68 Å². The van der Waals surface area contributed by atoms with E-state index in [-0.39, 0.29) is 11.9 Å². The Morgan fingerprint density at radius 1 is 1.17 bits per heavy atom. The minimum Gasteiger partial charge on any atom is -0.345 e. The summed E-state index contributed by atoms with van der Waals surface area (Å²) in [6, 6.07) is 15.4. The van der Waals surface area contributed by atoms with E-state index in [1.165, 1.54) is 5.56 Å². The van der Waals surface area contributed by atoms with Crippen LogP contribution >= 0.6 is 11.6 Å². The van der Waals surface area contributed by atoms with Gasteiger partial charge >= 0.3 is 0 Å². The minimum absolute atomic E-state index is 0.0817. The SMILES string of the molecule is Cc1ccc(C(C)NC(=O)c2cnn(-c3ccccc3Cl)c2)cc1. The molecule has 4 nitrogen and oxygen atoms in total. The largest absolute Gasteiger partial charge is 0.345 e. The molecule has 122 valence electrons. The number of nitrogens with one attached hydrogen (secondary N) is 1. The number of benzene rings is 2. The zero-order valence-corrected chi connectivity index (χ0v) is 14.3. The highest BCUT2D eigenvalue weighted by molar-refractivity contribution is 6.32. The zero-order valence-electron chi connectivity index (χ0n) is 13.5. The Bertz CT molecular complexity index is 855. The molecule has 0 aliphatic carbocycles. The van der Waals surface area contributed by atoms with E-state index in [0.717, 1.165) is 11.3 Å². The van der Waals surface area contributed by atoms with Crippen molar-refractivity contribution in [1.29, 1.82) is 0 Å². The van der Waals surface area contributed by atoms with E-state index >= 15 is 0 Å². The van der Waals surface area contributed by atoms with Crippen LogP contribution in [-0.4, -0.2) is 15.7 Å². The van der Waals surface area contributed by atoms with Crippen LogP contribution in [0.15, 0.2) is 60.9 Å². The number of halogens is 1. The summed E-state index contributed by atoms with van der Waals surface area (Å²) in [5, 5.41) is 7.80. The summed E-state index contributed by atoms with van der Waals surface area (Å²) < 4.78 is 1.60. The van der Waals surface area contributed by atoms with E-state index in [0.29, 0.717) is 10.6 Å². The van der Waals surface area contributed by atoms with Gasteiger partial charge < -0.3 is 5.32 Å². The van der Waals surface area contributed by atoms with E-state index in [1.807, 2.05) is 56.3 Å². The Morgan fingerprint density at radius 2 is 1.88 bits per heavy atom. The molecule has 0 aliphatic heterocycles. The molecular weight excluding hydrogens is 322 g/mol. The van der Waals surface area contributed by atoms with Gasteiger partial charge in [0, 0.05) is 6.20 Å². The monoisotopic (exact) mass is 339 g/mol. The maximum Gasteiger partial charge on any atom is 0.254 e. The second kappa shape index (κ2) is 6.89. The summed E-state index contributed by atoms with van der Waals surface area (Å²) in [5.74, 6) is -0.165. The van der Waals surface area contributed by atoms with Crippen molar-refractivity contribution in [3.63, 3.8) is 0 Å². The average molecular weight is 340 g/mol. The first-order chi connectivity index (χ1) is 11.5. The van der Waals surface area contributed by atoms with Crippen molar-refractivity contribution in [1.82, 2.24) is 15.1 Å². The smallest absolute Gasteiger partial charge is 0.254 e. The number of carbonyl (C=O) groups is 1. The van der Waals surface area contributed by atoms with E-state index < -0.39 is 0 Å². The molecule has 5 heteroatoms. The van der Waals surface area contributed by atoms with Gasteiger partial charge in [0.2, 0.25) is 0 Å². The first kappa shape index (κ1) is 16.3. The van der Waals surface area contributed by atoms with Gasteiger partial charge in [0.15, 0.2) is 0 Å². The molecule has 3 rings (SSSR count). The van der Waals surface area contributed by atoms with Gasteiger partial charge in [0.1, 0.15) is 0 Å². The van der Waals surface area contributed by atoms with Gasteiger partial charge in [0.25, 0.3) is 5.91 Å². The number of aryl methyl sites for hydroxylation is 1. The van der Waals surface area contributed by atoms with E-state index in [2.05, 4.69) is 10.4 Å². The number of rotatable bonds is 4. The van der Waals surface area contributed by atoms with Crippen molar-refractivity contribution >= 4 is 17.5 Å². The predicted octanol–water partition coefficient (Wildman–Crippen LogP) is 4.33. The topological polar surface area (TPSA) is 46.9 Å². The number of para-hydroxylation sites is 1. The molecule has 3 aromatic rings. The third-order valence-electron chi connectivity index (χ3n) is 3.87. The van der Waals surface area contributed by atoms with Crippen LogP contribution in [0.25, 0.3) is 5.69 Å². The number of hydrogen-bond donors (Lipinski definition) is 1. The highest BCUT2D eigenvalue weighted by Crippen LogP contribution is 2.20. The van der Waals surface area contributed by atoms with Crippen molar-refractivity contribution in [3.8, 4) is 5.69 Å². The molecule has 0 spiro atoms. The molecule has 2 aromatic carbocycles. The molecule has 0 bridgehead atoms. The molecule has 1 atom stereocenters. The van der Waals surface area contributed by atoms with Crippen LogP contribution in [0.5, 0.6) is 0 Å². The lowest BCUT2D eigenvalue weighted by Crippen LogP contribution is -2.26. The van der Waals surface area contributed by atoms with Crippen molar-refractivity contribution in [3.05, 3.63) is 82.6 Å². The summed E-state index contributed by atoms with van der Waals surface area (Å²) in [4.78, 5) is 12.4. The Morgan fingerprint density at radius 3 is 2.58 bits per heavy atom. The second-order valence-electron chi connectivity index (χ2n) is 5.73. The van der Waals surface area contributed by atoms with Gasteiger partial charge in [-0.3, -0.25) is 4.79 Å². The first-order valence-electron chi connectivity index (χ1n) is 7.71. The van der Waals surface area contributed by atoms with Crippen LogP contribution in [0.3, 0.4) is 0 Å². The Labute approximate surface area is 146 Å². The summed E-state index contributed by atoms with van der Waals surface area (Å²) >= 11 is 6.16. The highest BCUT2D eigenvalue weighted by atomic mass is 35.5. The number of amides is 1. The molecule has 0 saturated carbocycles. The normalized spacial score (nSPS) is 12.0. The van der Waals surface area contributed by atoms with Gasteiger partial charge in [-0.05, 0) is 31.5 Å². The Balaban J connectivity index is 1.74. The number of carbonyl (C=O) groups excluding carboxylic acids is 1. The lowest BCUT2D eigenvalue weighted by atomic mass is 10.1. The van der Waals surface area contributed by atoms with Crippen LogP contribution in [0.1, 0.15) is 34.5 Å². The number of hydrogen-bond acceptors (Lipinski definition) is 2. The summed E-state index contributed by atoms with van der Waals surface area (Å²) in [7, 11) is 0. The average Bonchev–Trinajstić information content (AvgIpc) is 3.05. The summed E-state index contributed by atoms with van der Waals surface area (Å²) in [6.45, 7) is 4.00. The summed E-state index contributed by atoms with van der Waals surface area (Å²) in [5.41, 5.74) is 3.49. The molecule has 0 aliphatic rings. The fourth-order valence-corrected chi connectivity index (χ4v) is 2.65. The fourth-order valence-electron chi connectivity index (χ4n) is 2.43. The minimum atomic E-state index is -0.165. The van der Waals surface area contributed by atoms with Crippen molar-refractivity contribution < 1.29 is 4.79 Å². The molecule has 1 amide bonds. The molecule has 1 unspecified atom stereocenters. The van der Waals surface area contributed by atoms with Crippen LogP contribution in [0.2, 0.25) is 5.02 Å². The maximum absolute atomic E-state index is 12.4. The summed E-state index contributed by atoms with van der Waals surface area (Å²) in [6.07, 6.45) is 3.22. The third kappa shape index (κ3) is 3.49. The van der Waals surface area contributed by atoms with Crippen molar-refractivity contribution in [2.24, 2.45) is 0 Å². The van der Waals surface area contributed by atoms with Gasteiger partial charge in [-0.1, -0.05) is 53.6 Å². The maximum atomic E-state index is 12.4. The third-order valence-corrected chi connectivity index (χ3v) is 4.19. The fraction of sp³-hybridized carbons (Fsp3) is 0.158. The number of aromatic nitrogens is 2. The van der Waals surface area contributed by atoms with E-state index in [1.54, 1.807) is 23.1 Å². The van der Waals surface area contributed by atoms with E-state index in [4.69, 9.17) is 11.6 Å². The molecule has 0 saturated heterocycles. The molecule has 0 fully saturated rings. The quantitative estimate of drug-likeness (QED) is 0.769. The van der Waals surface area contributed by atoms with Gasteiger partial charge in [-0.2, -0.15) is 5.10 Å².